The molecule has 0 bridgehead atoms. The van der Waals surface area contributed by atoms with Crippen LogP contribution in [0.5, 0.6) is 0 Å². The van der Waals surface area contributed by atoms with Gasteiger partial charge in [0.25, 0.3) is 0 Å². The number of hydrogen-bond donors (Lipinski definition) is 0. The molecule has 0 N–H and O–H groups in total. The van der Waals surface area contributed by atoms with Crippen LogP contribution in [0.2, 0.25) is 0 Å². The van der Waals surface area contributed by atoms with Crippen molar-refractivity contribution in [3.8, 4) is 0 Å². The summed E-state index contributed by atoms with van der Waals surface area (Å²) >= 11 is 0. The lowest BCUT2D eigenvalue weighted by atomic mass is 10.1. The van der Waals surface area contributed by atoms with Crippen molar-refractivity contribution in [2.45, 2.75) is 39.4 Å². The lowest BCUT2D eigenvalue weighted by Crippen LogP contribution is -3.00. The largest absolute Gasteiger partial charge is 1.00 e. The van der Waals surface area contributed by atoms with Crippen LogP contribution in [-0.2, 0) is 19.6 Å². The Morgan fingerprint density at radius 3 is 1.19 bits per heavy atom. The summed E-state index contributed by atoms with van der Waals surface area (Å²) in [6.45, 7) is 6.72. The minimum atomic E-state index is 0. The van der Waals surface area contributed by atoms with Gasteiger partial charge in [-0.3, -0.25) is 0 Å². The highest BCUT2D eigenvalue weighted by Crippen LogP contribution is 2.25. The summed E-state index contributed by atoms with van der Waals surface area (Å²) in [6, 6.07) is 32.9. The molecule has 0 atom stereocenters. The smallest absolute Gasteiger partial charge is 0.105 e. The van der Waals surface area contributed by atoms with E-state index < -0.39 is 0 Å². The van der Waals surface area contributed by atoms with Gasteiger partial charge in [0.2, 0.25) is 0 Å². The van der Waals surface area contributed by atoms with Gasteiger partial charge in [-0.2, -0.15) is 0 Å². The van der Waals surface area contributed by atoms with Crippen LogP contribution in [0.15, 0.2) is 91.0 Å². The second kappa shape index (κ2) is 10.9. The van der Waals surface area contributed by atoms with Gasteiger partial charge >= 0.3 is 0 Å². The van der Waals surface area contributed by atoms with E-state index in [1.54, 1.807) is 0 Å². The van der Waals surface area contributed by atoms with Crippen LogP contribution in [-0.4, -0.2) is 11.0 Å². The lowest BCUT2D eigenvalue weighted by Gasteiger charge is -2.39. The fourth-order valence-corrected chi connectivity index (χ4v) is 3.81. The summed E-state index contributed by atoms with van der Waals surface area (Å²) in [5.74, 6) is 0. The maximum atomic E-state index is 2.29. The predicted octanol–water partition coefficient (Wildman–Crippen LogP) is 3.21. The van der Waals surface area contributed by atoms with E-state index in [4.69, 9.17) is 0 Å². The molecular weight excluding hydrogens is 350 g/mol. The molecule has 0 fully saturated rings. The van der Waals surface area contributed by atoms with Crippen molar-refractivity contribution in [3.63, 3.8) is 0 Å². The van der Waals surface area contributed by atoms with Gasteiger partial charge in [0.05, 0.1) is 6.54 Å². The quantitative estimate of drug-likeness (QED) is 0.501. The van der Waals surface area contributed by atoms with Crippen molar-refractivity contribution in [1.82, 2.24) is 0 Å². The normalized spacial score (nSPS) is 11.0. The van der Waals surface area contributed by atoms with Gasteiger partial charge in [0.15, 0.2) is 0 Å². The van der Waals surface area contributed by atoms with Crippen LogP contribution >= 0.6 is 0 Å². The van der Waals surface area contributed by atoms with E-state index in [-0.39, 0.29) is 12.4 Å². The van der Waals surface area contributed by atoms with E-state index in [1.807, 2.05) is 0 Å². The van der Waals surface area contributed by atoms with E-state index in [2.05, 4.69) is 97.9 Å². The monoisotopic (exact) mass is 379 g/mol. The summed E-state index contributed by atoms with van der Waals surface area (Å²) in [7, 11) is 0. The molecular formula is C25H30ClN. The van der Waals surface area contributed by atoms with Crippen LogP contribution in [0.4, 0.5) is 0 Å². The molecule has 0 radical (unpaired) electrons. The van der Waals surface area contributed by atoms with Gasteiger partial charge in [0, 0.05) is 16.7 Å². The zero-order chi connectivity index (χ0) is 18.1. The zero-order valence-corrected chi connectivity index (χ0v) is 17.0. The number of nitrogens with zero attached hydrogens (tertiary/aromatic N) is 1. The minimum Gasteiger partial charge on any atom is -1.00 e. The van der Waals surface area contributed by atoms with E-state index in [0.717, 1.165) is 24.1 Å². The summed E-state index contributed by atoms with van der Waals surface area (Å²) in [5.41, 5.74) is 4.28. The summed E-state index contributed by atoms with van der Waals surface area (Å²) in [4.78, 5) is 0. The van der Waals surface area contributed by atoms with E-state index >= 15 is 0 Å². The topological polar surface area (TPSA) is 0 Å². The van der Waals surface area contributed by atoms with Gasteiger partial charge in [-0.25, -0.2) is 0 Å². The molecule has 142 valence electrons. The Morgan fingerprint density at radius 1 is 0.556 bits per heavy atom. The molecule has 27 heavy (non-hydrogen) atoms. The van der Waals surface area contributed by atoms with E-state index in [1.165, 1.54) is 36.1 Å². The molecule has 0 saturated heterocycles. The molecule has 3 rings (SSSR count). The molecule has 0 aromatic heterocycles. The highest BCUT2D eigenvalue weighted by atomic mass is 35.5. The van der Waals surface area contributed by atoms with Crippen LogP contribution in [0.3, 0.4) is 0 Å². The first-order valence-electron chi connectivity index (χ1n) is 9.76. The van der Waals surface area contributed by atoms with Crippen LogP contribution < -0.4 is 12.4 Å². The second-order valence-electron chi connectivity index (χ2n) is 7.35. The van der Waals surface area contributed by atoms with Gasteiger partial charge in [-0.1, -0.05) is 104 Å². The van der Waals surface area contributed by atoms with Crippen molar-refractivity contribution in [2.24, 2.45) is 0 Å². The molecule has 2 heteroatoms. The molecule has 0 aliphatic carbocycles. The Labute approximate surface area is 170 Å². The molecule has 3 aromatic carbocycles. The number of halogens is 1. The maximum Gasteiger partial charge on any atom is 0.105 e. The average molecular weight is 380 g/mol. The number of unbranched alkanes of at least 4 members (excludes halogenated alkanes) is 1. The Hall–Kier alpha value is -2.09. The summed E-state index contributed by atoms with van der Waals surface area (Å²) in [5, 5.41) is 0. The summed E-state index contributed by atoms with van der Waals surface area (Å²) < 4.78 is 1.08. The second-order valence-corrected chi connectivity index (χ2v) is 7.35. The molecule has 3 aromatic rings. The Balaban J connectivity index is 0.00000261. The number of benzene rings is 3. The maximum absolute atomic E-state index is 2.29. The average Bonchev–Trinajstić information content (AvgIpc) is 2.69. The zero-order valence-electron chi connectivity index (χ0n) is 16.2. The molecule has 0 spiro atoms. The minimum absolute atomic E-state index is 0. The third kappa shape index (κ3) is 6.53. The number of quaternary nitrogens is 1. The van der Waals surface area contributed by atoms with Crippen LogP contribution in [0.25, 0.3) is 0 Å². The highest BCUT2D eigenvalue weighted by molar-refractivity contribution is 5.17. The first-order valence-corrected chi connectivity index (χ1v) is 9.76. The van der Waals surface area contributed by atoms with E-state index in [9.17, 15) is 0 Å². The fraction of sp³-hybridized carbons (Fsp3) is 0.280. The van der Waals surface area contributed by atoms with Gasteiger partial charge in [-0.05, 0) is 6.42 Å². The van der Waals surface area contributed by atoms with Crippen molar-refractivity contribution in [2.75, 3.05) is 6.54 Å². The number of hydrogen-bond acceptors (Lipinski definition) is 0. The van der Waals surface area contributed by atoms with Crippen molar-refractivity contribution in [3.05, 3.63) is 108 Å². The Morgan fingerprint density at radius 2 is 0.889 bits per heavy atom. The molecule has 1 nitrogen and oxygen atoms in total. The van der Waals surface area contributed by atoms with Crippen molar-refractivity contribution in [1.29, 1.82) is 0 Å². The van der Waals surface area contributed by atoms with Crippen LogP contribution in [0.1, 0.15) is 36.5 Å². The first-order chi connectivity index (χ1) is 12.8. The summed E-state index contributed by atoms with van der Waals surface area (Å²) in [6.07, 6.45) is 2.49. The van der Waals surface area contributed by atoms with Gasteiger partial charge < -0.3 is 16.9 Å². The molecule has 0 saturated carbocycles. The van der Waals surface area contributed by atoms with Crippen LogP contribution in [0, 0.1) is 0 Å². The third-order valence-electron chi connectivity index (χ3n) is 5.07. The number of rotatable bonds is 9. The predicted molar refractivity (Wildman–Crippen MR) is 110 cm³/mol. The van der Waals surface area contributed by atoms with Gasteiger partial charge in [0.1, 0.15) is 19.6 Å². The highest BCUT2D eigenvalue weighted by Gasteiger charge is 2.28. The van der Waals surface area contributed by atoms with Crippen molar-refractivity contribution >= 4 is 0 Å². The third-order valence-corrected chi connectivity index (χ3v) is 5.07. The van der Waals surface area contributed by atoms with Crippen molar-refractivity contribution < 1.29 is 16.9 Å². The Kier molecular flexibility index (Phi) is 8.57. The lowest BCUT2D eigenvalue weighted by molar-refractivity contribution is -0.966. The standard InChI is InChI=1S/C25H30N.ClH/c1-2-3-19-26(20-23-13-7-4-8-14-23,21-24-15-9-5-10-16-24)22-25-17-11-6-12-18-25;/h4-18H,2-3,19-22H2,1H3;1H/q+1;/p-1. The first kappa shape index (κ1) is 21.2. The molecule has 0 aliphatic heterocycles. The Bertz CT molecular complexity index is 655. The van der Waals surface area contributed by atoms with Gasteiger partial charge in [-0.15, -0.1) is 0 Å². The molecule has 0 unspecified atom stereocenters. The SMILES string of the molecule is CCCC[N+](Cc1ccccc1)(Cc1ccccc1)Cc1ccccc1.[Cl-]. The fourth-order valence-electron chi connectivity index (χ4n) is 3.81. The van der Waals surface area contributed by atoms with E-state index in [0.29, 0.717) is 0 Å². The molecule has 0 amide bonds. The molecule has 0 aliphatic rings. The molecule has 0 heterocycles.